The number of rotatable bonds is 19. The predicted octanol–water partition coefficient (Wildman–Crippen LogP) is 0.360. The summed E-state index contributed by atoms with van der Waals surface area (Å²) in [6, 6.07) is 13.5. The molecule has 6 atom stereocenters. The zero-order valence-electron chi connectivity index (χ0n) is 27.8. The van der Waals surface area contributed by atoms with E-state index in [-0.39, 0.29) is 31.6 Å². The fourth-order valence-corrected chi connectivity index (χ4v) is 5.64. The number of carbonyl (C=O) groups excluding carboxylic acids is 4. The van der Waals surface area contributed by atoms with Crippen molar-refractivity contribution in [1.82, 2.24) is 26.6 Å². The molecule has 0 bridgehead atoms. The summed E-state index contributed by atoms with van der Waals surface area (Å²) in [5.74, 6) is -3.02. The van der Waals surface area contributed by atoms with Gasteiger partial charge in [0.15, 0.2) is 0 Å². The van der Waals surface area contributed by atoms with Gasteiger partial charge in [0, 0.05) is 19.0 Å². The second-order valence-electron chi connectivity index (χ2n) is 12.8. The molecule has 3 rings (SSSR count). The Kier molecular flexibility index (Phi) is 15.5. The van der Waals surface area contributed by atoms with Crippen molar-refractivity contribution in [3.63, 3.8) is 0 Å². The van der Waals surface area contributed by atoms with E-state index < -0.39 is 65.8 Å². The van der Waals surface area contributed by atoms with Gasteiger partial charge < -0.3 is 43.2 Å². The molecule has 0 radical (unpaired) electrons. The van der Waals surface area contributed by atoms with E-state index in [1.807, 2.05) is 74.5 Å². The van der Waals surface area contributed by atoms with Gasteiger partial charge in [0.1, 0.15) is 24.2 Å². The van der Waals surface area contributed by atoms with Crippen LogP contribution in [0, 0.1) is 5.92 Å². The Morgan fingerprint density at radius 2 is 1.35 bits per heavy atom. The van der Waals surface area contributed by atoms with Gasteiger partial charge in [0.25, 0.3) is 0 Å². The molecule has 13 nitrogen and oxygen atoms in total. The van der Waals surface area contributed by atoms with E-state index in [0.717, 1.165) is 11.1 Å². The number of amides is 4. The summed E-state index contributed by atoms with van der Waals surface area (Å²) >= 11 is 0. The normalized spacial score (nSPS) is 18.3. The number of unbranched alkanes of at least 4 members (excludes halogenated alkanes) is 1. The molecule has 0 spiro atoms. The lowest BCUT2D eigenvalue weighted by Gasteiger charge is -2.27. The summed E-state index contributed by atoms with van der Waals surface area (Å²) in [5, 5.41) is 23.5. The molecule has 13 heteroatoms. The van der Waals surface area contributed by atoms with Crippen LogP contribution in [0.15, 0.2) is 60.7 Å². The highest BCUT2D eigenvalue weighted by molar-refractivity contribution is 5.95. The summed E-state index contributed by atoms with van der Waals surface area (Å²) in [6.07, 6.45) is 2.48. The van der Waals surface area contributed by atoms with Crippen molar-refractivity contribution in [2.75, 3.05) is 13.1 Å². The molecule has 2 aromatic carbocycles. The molecule has 0 aliphatic carbocycles. The maximum absolute atomic E-state index is 13.8. The third-order valence-electron chi connectivity index (χ3n) is 8.25. The first-order valence-corrected chi connectivity index (χ1v) is 16.7. The number of aliphatic carboxylic acids is 1. The van der Waals surface area contributed by atoms with Crippen molar-refractivity contribution < 1.29 is 29.1 Å². The van der Waals surface area contributed by atoms with E-state index >= 15 is 0 Å². The Morgan fingerprint density at radius 1 is 0.792 bits per heavy atom. The second-order valence-corrected chi connectivity index (χ2v) is 12.8. The quantitative estimate of drug-likeness (QED) is 0.0971. The number of carbonyl (C=O) groups is 5. The zero-order valence-corrected chi connectivity index (χ0v) is 27.8. The SMILES string of the molecule is CC(C)C[C@@H](NC(=O)[C@@H](Cc1ccccc1)NC(=O)[C@H](N)Cc1ccccc1)C(=O)N[C@H](CCCCN)C(=O)N[C@H]1CN[C@H](C(=O)O)C1. The predicted molar refractivity (Wildman–Crippen MR) is 182 cm³/mol. The van der Waals surface area contributed by atoms with E-state index in [4.69, 9.17) is 11.5 Å². The van der Waals surface area contributed by atoms with Crippen LogP contribution in [-0.4, -0.2) is 84.0 Å². The number of carboxylic acid groups (broad SMARTS) is 1. The smallest absolute Gasteiger partial charge is 0.320 e. The number of carboxylic acids is 1. The van der Waals surface area contributed by atoms with Crippen molar-refractivity contribution >= 4 is 29.6 Å². The van der Waals surface area contributed by atoms with E-state index in [1.54, 1.807) is 0 Å². The molecule has 1 aliphatic rings. The van der Waals surface area contributed by atoms with Crippen LogP contribution in [0.3, 0.4) is 0 Å². The average molecular weight is 666 g/mol. The van der Waals surface area contributed by atoms with Crippen molar-refractivity contribution in [1.29, 1.82) is 0 Å². The first kappa shape index (κ1) is 38.1. The summed E-state index contributed by atoms with van der Waals surface area (Å²) in [5.41, 5.74) is 13.6. The van der Waals surface area contributed by atoms with Crippen LogP contribution in [0.25, 0.3) is 0 Å². The summed E-state index contributed by atoms with van der Waals surface area (Å²) in [7, 11) is 0. The highest BCUT2D eigenvalue weighted by atomic mass is 16.4. The minimum absolute atomic E-state index is 0.00420. The average Bonchev–Trinajstić information content (AvgIpc) is 3.53. The molecule has 10 N–H and O–H groups in total. The first-order chi connectivity index (χ1) is 23.0. The molecule has 0 aromatic heterocycles. The molecule has 1 fully saturated rings. The van der Waals surface area contributed by atoms with Gasteiger partial charge in [-0.1, -0.05) is 74.5 Å². The Balaban J connectivity index is 1.74. The van der Waals surface area contributed by atoms with Crippen LogP contribution >= 0.6 is 0 Å². The van der Waals surface area contributed by atoms with E-state index in [1.165, 1.54) is 0 Å². The minimum Gasteiger partial charge on any atom is -0.480 e. The first-order valence-electron chi connectivity index (χ1n) is 16.7. The molecular formula is C35H51N7O6. The highest BCUT2D eigenvalue weighted by Gasteiger charge is 2.34. The monoisotopic (exact) mass is 665 g/mol. The highest BCUT2D eigenvalue weighted by Crippen LogP contribution is 2.12. The van der Waals surface area contributed by atoms with Gasteiger partial charge in [-0.15, -0.1) is 0 Å². The lowest BCUT2D eigenvalue weighted by Crippen LogP contribution is -2.59. The van der Waals surface area contributed by atoms with Crippen LogP contribution < -0.4 is 38.1 Å². The Hall–Kier alpha value is -4.33. The summed E-state index contributed by atoms with van der Waals surface area (Å²) in [4.78, 5) is 65.4. The van der Waals surface area contributed by atoms with E-state index in [2.05, 4.69) is 26.6 Å². The zero-order chi connectivity index (χ0) is 35.1. The summed E-state index contributed by atoms with van der Waals surface area (Å²) < 4.78 is 0. The number of nitrogens with one attached hydrogen (secondary N) is 5. The second kappa shape index (κ2) is 19.5. The van der Waals surface area contributed by atoms with Crippen molar-refractivity contribution in [3.05, 3.63) is 71.8 Å². The Labute approximate surface area is 282 Å². The third kappa shape index (κ3) is 12.7. The number of benzene rings is 2. The van der Waals surface area contributed by atoms with Crippen molar-refractivity contribution in [2.24, 2.45) is 17.4 Å². The van der Waals surface area contributed by atoms with Crippen molar-refractivity contribution in [2.45, 2.75) is 95.0 Å². The van der Waals surface area contributed by atoms with Crippen LogP contribution in [0.5, 0.6) is 0 Å². The molecule has 1 aliphatic heterocycles. The molecule has 2 aromatic rings. The molecular weight excluding hydrogens is 614 g/mol. The molecule has 0 unspecified atom stereocenters. The van der Waals surface area contributed by atoms with Crippen LogP contribution in [0.4, 0.5) is 0 Å². The van der Waals surface area contributed by atoms with Gasteiger partial charge >= 0.3 is 5.97 Å². The lowest BCUT2D eigenvalue weighted by molar-refractivity contribution is -0.139. The maximum atomic E-state index is 13.8. The topological polar surface area (TPSA) is 218 Å². The van der Waals surface area contributed by atoms with Gasteiger partial charge in [-0.2, -0.15) is 0 Å². The lowest BCUT2D eigenvalue weighted by atomic mass is 9.99. The van der Waals surface area contributed by atoms with Gasteiger partial charge in [-0.3, -0.25) is 24.0 Å². The molecule has 262 valence electrons. The molecule has 48 heavy (non-hydrogen) atoms. The molecule has 4 amide bonds. The van der Waals surface area contributed by atoms with Crippen LogP contribution in [0.1, 0.15) is 57.1 Å². The van der Waals surface area contributed by atoms with Gasteiger partial charge in [-0.25, -0.2) is 0 Å². The van der Waals surface area contributed by atoms with E-state index in [0.29, 0.717) is 32.4 Å². The number of hydrogen-bond donors (Lipinski definition) is 8. The fourth-order valence-electron chi connectivity index (χ4n) is 5.64. The largest absolute Gasteiger partial charge is 0.480 e. The van der Waals surface area contributed by atoms with Gasteiger partial charge in [-0.05, 0) is 62.1 Å². The number of hydrogen-bond acceptors (Lipinski definition) is 8. The molecule has 1 saturated heterocycles. The van der Waals surface area contributed by atoms with Gasteiger partial charge in [0.05, 0.1) is 6.04 Å². The van der Waals surface area contributed by atoms with Gasteiger partial charge in [0.2, 0.25) is 23.6 Å². The maximum Gasteiger partial charge on any atom is 0.320 e. The fraction of sp³-hybridized carbons (Fsp3) is 0.514. The summed E-state index contributed by atoms with van der Waals surface area (Å²) in [6.45, 7) is 4.54. The third-order valence-corrected chi connectivity index (χ3v) is 8.25. The Bertz CT molecular complexity index is 1340. The van der Waals surface area contributed by atoms with Crippen molar-refractivity contribution in [3.8, 4) is 0 Å². The standard InChI is InChI=1S/C35H51N7O6/c1-22(2)17-28(33(45)40-27(15-9-10-16-36)32(44)39-25-20-30(35(47)48)38-21-25)42-34(46)29(19-24-13-7-4-8-14-24)41-31(43)26(37)18-23-11-5-3-6-12-23/h3-8,11-14,22,25-30,38H,9-10,15-21,36-37H2,1-2H3,(H,39,44)(H,40,45)(H,41,43)(H,42,46)(H,47,48)/t25-,26-,27-,28-,29-,30+/m1/s1. The van der Waals surface area contributed by atoms with Crippen LogP contribution in [-0.2, 0) is 36.8 Å². The molecule has 0 saturated carbocycles. The Morgan fingerprint density at radius 3 is 1.92 bits per heavy atom. The minimum atomic E-state index is -1.02. The van der Waals surface area contributed by atoms with Crippen LogP contribution in [0.2, 0.25) is 0 Å². The van der Waals surface area contributed by atoms with E-state index in [9.17, 15) is 29.1 Å². The molecule has 1 heterocycles. The number of nitrogens with two attached hydrogens (primary N) is 2.